The Morgan fingerprint density at radius 3 is 2.36 bits per heavy atom. The lowest BCUT2D eigenvalue weighted by Crippen LogP contribution is -2.35. The van der Waals surface area contributed by atoms with Crippen LogP contribution in [0.15, 0.2) is 0 Å². The molecule has 0 bridgehead atoms. The van der Waals surface area contributed by atoms with Gasteiger partial charge in [-0.05, 0) is 5.92 Å². The summed E-state index contributed by atoms with van der Waals surface area (Å²) in [6.07, 6.45) is 1.72. The first-order valence-electron chi connectivity index (χ1n) is 5.56. The molecular formula is C11H24N2O. The number of hydrogen-bond donors (Lipinski definition) is 2. The minimum absolute atomic E-state index is 0.171. The predicted molar refractivity (Wildman–Crippen MR) is 60.2 cm³/mol. The molecular weight excluding hydrogens is 176 g/mol. The molecule has 1 amide bonds. The monoisotopic (exact) mass is 200 g/mol. The fourth-order valence-electron chi connectivity index (χ4n) is 1.10. The van der Waals surface area contributed by atoms with Crippen LogP contribution in [0.25, 0.3) is 0 Å². The summed E-state index contributed by atoms with van der Waals surface area (Å²) in [6.45, 7) is 9.99. The van der Waals surface area contributed by atoms with Crippen molar-refractivity contribution in [3.63, 3.8) is 0 Å². The minimum atomic E-state index is 0.171. The van der Waals surface area contributed by atoms with E-state index >= 15 is 0 Å². The molecule has 0 heterocycles. The molecule has 14 heavy (non-hydrogen) atoms. The molecule has 0 saturated heterocycles. The Balaban J connectivity index is 3.36. The van der Waals surface area contributed by atoms with Crippen molar-refractivity contribution in [2.24, 2.45) is 5.92 Å². The number of carbonyl (C=O) groups is 1. The molecule has 0 fully saturated rings. The molecule has 0 aliphatic heterocycles. The first-order chi connectivity index (χ1) is 6.56. The van der Waals surface area contributed by atoms with Gasteiger partial charge in [-0.3, -0.25) is 4.79 Å². The van der Waals surface area contributed by atoms with Gasteiger partial charge in [0.25, 0.3) is 0 Å². The molecule has 1 atom stereocenters. The third-order valence-corrected chi connectivity index (χ3v) is 2.23. The van der Waals surface area contributed by atoms with E-state index in [4.69, 9.17) is 0 Å². The fourth-order valence-corrected chi connectivity index (χ4v) is 1.10. The lowest BCUT2D eigenvalue weighted by Gasteiger charge is -2.11. The van der Waals surface area contributed by atoms with Crippen molar-refractivity contribution in [1.29, 1.82) is 0 Å². The molecule has 3 heteroatoms. The molecule has 0 aliphatic carbocycles. The van der Waals surface area contributed by atoms with Crippen LogP contribution in [-0.4, -0.2) is 25.0 Å². The zero-order chi connectivity index (χ0) is 11.0. The van der Waals surface area contributed by atoms with Crippen molar-refractivity contribution < 1.29 is 4.79 Å². The standard InChI is InChI=1S/C11H24N2O/c1-5-10(4)8-11(14)13-7-6-12-9(2)3/h9-10,12H,5-8H2,1-4H3,(H,13,14). The Morgan fingerprint density at radius 2 is 1.86 bits per heavy atom. The molecule has 1 unspecified atom stereocenters. The molecule has 0 aliphatic rings. The van der Waals surface area contributed by atoms with E-state index < -0.39 is 0 Å². The van der Waals surface area contributed by atoms with Crippen LogP contribution in [0, 0.1) is 5.92 Å². The Kier molecular flexibility index (Phi) is 7.48. The maximum Gasteiger partial charge on any atom is 0.220 e. The van der Waals surface area contributed by atoms with Gasteiger partial charge in [0.1, 0.15) is 0 Å². The van der Waals surface area contributed by atoms with Crippen molar-refractivity contribution in [3.8, 4) is 0 Å². The number of rotatable bonds is 7. The van der Waals surface area contributed by atoms with Gasteiger partial charge in [0, 0.05) is 25.6 Å². The average molecular weight is 200 g/mol. The van der Waals surface area contributed by atoms with Crippen molar-refractivity contribution in [3.05, 3.63) is 0 Å². The number of amides is 1. The molecule has 0 radical (unpaired) electrons. The zero-order valence-corrected chi connectivity index (χ0v) is 9.89. The van der Waals surface area contributed by atoms with Crippen LogP contribution in [-0.2, 0) is 4.79 Å². The van der Waals surface area contributed by atoms with Crippen LogP contribution in [0.1, 0.15) is 40.5 Å². The van der Waals surface area contributed by atoms with Crippen LogP contribution in [0.3, 0.4) is 0 Å². The summed E-state index contributed by atoms with van der Waals surface area (Å²) in [6, 6.07) is 0.487. The molecule has 0 aromatic carbocycles. The Labute approximate surface area is 87.6 Å². The number of carbonyl (C=O) groups excluding carboxylic acids is 1. The second kappa shape index (κ2) is 7.80. The largest absolute Gasteiger partial charge is 0.355 e. The summed E-state index contributed by atoms with van der Waals surface area (Å²) in [5, 5.41) is 6.16. The molecule has 0 aromatic heterocycles. The van der Waals surface area contributed by atoms with Crippen LogP contribution >= 0.6 is 0 Å². The Morgan fingerprint density at radius 1 is 1.21 bits per heavy atom. The van der Waals surface area contributed by atoms with Crippen molar-refractivity contribution >= 4 is 5.91 Å². The van der Waals surface area contributed by atoms with E-state index in [-0.39, 0.29) is 5.91 Å². The highest BCUT2D eigenvalue weighted by Crippen LogP contribution is 2.04. The molecule has 2 N–H and O–H groups in total. The topological polar surface area (TPSA) is 41.1 Å². The maximum absolute atomic E-state index is 11.3. The van der Waals surface area contributed by atoms with Gasteiger partial charge in [0.15, 0.2) is 0 Å². The van der Waals surface area contributed by atoms with Gasteiger partial charge < -0.3 is 10.6 Å². The van der Waals surface area contributed by atoms with Gasteiger partial charge in [0.2, 0.25) is 5.91 Å². The van der Waals surface area contributed by atoms with Crippen LogP contribution in [0.2, 0.25) is 0 Å². The lowest BCUT2D eigenvalue weighted by molar-refractivity contribution is -0.121. The van der Waals surface area contributed by atoms with E-state index in [2.05, 4.69) is 38.3 Å². The highest BCUT2D eigenvalue weighted by molar-refractivity contribution is 5.76. The van der Waals surface area contributed by atoms with Gasteiger partial charge >= 0.3 is 0 Å². The summed E-state index contributed by atoms with van der Waals surface area (Å²) in [4.78, 5) is 11.3. The summed E-state index contributed by atoms with van der Waals surface area (Å²) in [5.41, 5.74) is 0. The molecule has 0 spiro atoms. The van der Waals surface area contributed by atoms with Crippen LogP contribution in [0.5, 0.6) is 0 Å². The fraction of sp³-hybridized carbons (Fsp3) is 0.909. The molecule has 0 rings (SSSR count). The highest BCUT2D eigenvalue weighted by Gasteiger charge is 2.05. The number of nitrogens with one attached hydrogen (secondary N) is 2. The smallest absolute Gasteiger partial charge is 0.220 e. The maximum atomic E-state index is 11.3. The zero-order valence-electron chi connectivity index (χ0n) is 9.89. The van der Waals surface area contributed by atoms with Gasteiger partial charge in [0.05, 0.1) is 0 Å². The summed E-state index contributed by atoms with van der Waals surface area (Å²) in [5.74, 6) is 0.665. The summed E-state index contributed by atoms with van der Waals surface area (Å²) < 4.78 is 0. The minimum Gasteiger partial charge on any atom is -0.355 e. The summed E-state index contributed by atoms with van der Waals surface area (Å²) in [7, 11) is 0. The molecule has 0 aromatic rings. The van der Waals surface area contributed by atoms with E-state index in [0.717, 1.165) is 19.5 Å². The molecule has 3 nitrogen and oxygen atoms in total. The second-order valence-corrected chi connectivity index (χ2v) is 4.18. The van der Waals surface area contributed by atoms with Gasteiger partial charge in [-0.15, -0.1) is 0 Å². The van der Waals surface area contributed by atoms with E-state index in [1.54, 1.807) is 0 Å². The van der Waals surface area contributed by atoms with Gasteiger partial charge in [-0.1, -0.05) is 34.1 Å². The Bertz CT molecular complexity index is 157. The lowest BCUT2D eigenvalue weighted by atomic mass is 10.1. The first-order valence-corrected chi connectivity index (χ1v) is 5.56. The van der Waals surface area contributed by atoms with E-state index in [9.17, 15) is 4.79 Å². The third-order valence-electron chi connectivity index (χ3n) is 2.23. The average Bonchev–Trinajstić information content (AvgIpc) is 2.12. The van der Waals surface area contributed by atoms with E-state index in [1.807, 2.05) is 0 Å². The molecule has 0 saturated carbocycles. The van der Waals surface area contributed by atoms with Crippen LogP contribution in [0.4, 0.5) is 0 Å². The Hall–Kier alpha value is -0.570. The number of hydrogen-bond acceptors (Lipinski definition) is 2. The molecule has 84 valence electrons. The van der Waals surface area contributed by atoms with Gasteiger partial charge in [-0.25, -0.2) is 0 Å². The quantitative estimate of drug-likeness (QED) is 0.612. The third kappa shape index (κ3) is 8.05. The van der Waals surface area contributed by atoms with Crippen molar-refractivity contribution in [2.45, 2.75) is 46.6 Å². The summed E-state index contributed by atoms with van der Waals surface area (Å²) >= 11 is 0. The van der Waals surface area contributed by atoms with E-state index in [0.29, 0.717) is 18.4 Å². The second-order valence-electron chi connectivity index (χ2n) is 4.18. The van der Waals surface area contributed by atoms with E-state index in [1.165, 1.54) is 0 Å². The van der Waals surface area contributed by atoms with Gasteiger partial charge in [-0.2, -0.15) is 0 Å². The highest BCUT2D eigenvalue weighted by atomic mass is 16.1. The van der Waals surface area contributed by atoms with Crippen molar-refractivity contribution in [1.82, 2.24) is 10.6 Å². The predicted octanol–water partition coefficient (Wildman–Crippen LogP) is 1.54. The van der Waals surface area contributed by atoms with Crippen molar-refractivity contribution in [2.75, 3.05) is 13.1 Å². The normalized spacial score (nSPS) is 12.9. The SMILES string of the molecule is CCC(C)CC(=O)NCCNC(C)C. The first kappa shape index (κ1) is 13.4. The van der Waals surface area contributed by atoms with Crippen LogP contribution < -0.4 is 10.6 Å².